The molecule has 0 N–H and O–H groups in total. The van der Waals surface area contributed by atoms with Gasteiger partial charge in [0.1, 0.15) is 5.78 Å². The molecule has 2 atom stereocenters. The second-order valence-electron chi connectivity index (χ2n) is 7.97. The first-order valence-corrected chi connectivity index (χ1v) is 10.1. The zero-order chi connectivity index (χ0) is 18.4. The van der Waals surface area contributed by atoms with E-state index in [1.807, 2.05) is 13.0 Å². The van der Waals surface area contributed by atoms with Crippen LogP contribution in [0.15, 0.2) is 18.2 Å². The SMILES string of the molecule is CCC(CC)C(CCCC(C)=O)CC1CC(=O)c2c(C)cccc2C1. The minimum atomic E-state index is 0.292. The van der Waals surface area contributed by atoms with Crippen LogP contribution in [0.25, 0.3) is 0 Å². The first-order chi connectivity index (χ1) is 12.0. The Morgan fingerprint density at radius 3 is 2.52 bits per heavy atom. The minimum Gasteiger partial charge on any atom is -0.300 e. The van der Waals surface area contributed by atoms with E-state index in [0.29, 0.717) is 42.2 Å². The number of aryl methyl sites for hydroxylation is 1. The van der Waals surface area contributed by atoms with E-state index in [1.54, 1.807) is 6.92 Å². The molecule has 1 aromatic carbocycles. The summed E-state index contributed by atoms with van der Waals surface area (Å²) in [4.78, 5) is 24.0. The van der Waals surface area contributed by atoms with Crippen LogP contribution in [-0.4, -0.2) is 11.6 Å². The van der Waals surface area contributed by atoms with E-state index in [-0.39, 0.29) is 0 Å². The van der Waals surface area contributed by atoms with Gasteiger partial charge in [-0.15, -0.1) is 0 Å². The van der Waals surface area contributed by atoms with Gasteiger partial charge in [0.25, 0.3) is 0 Å². The molecule has 0 aromatic heterocycles. The Hall–Kier alpha value is -1.44. The fourth-order valence-corrected chi connectivity index (χ4v) is 4.75. The third kappa shape index (κ3) is 5.26. The van der Waals surface area contributed by atoms with Crippen LogP contribution in [0.2, 0.25) is 0 Å². The molecule has 2 heteroatoms. The number of carbonyl (C=O) groups is 2. The van der Waals surface area contributed by atoms with Crippen LogP contribution >= 0.6 is 0 Å². The van der Waals surface area contributed by atoms with Crippen molar-refractivity contribution in [2.24, 2.45) is 17.8 Å². The van der Waals surface area contributed by atoms with Crippen molar-refractivity contribution in [2.75, 3.05) is 0 Å². The van der Waals surface area contributed by atoms with Crippen molar-refractivity contribution in [2.45, 2.75) is 79.1 Å². The van der Waals surface area contributed by atoms with Crippen molar-refractivity contribution < 1.29 is 9.59 Å². The van der Waals surface area contributed by atoms with E-state index in [0.717, 1.165) is 36.8 Å². The summed E-state index contributed by atoms with van der Waals surface area (Å²) in [5, 5.41) is 0. The number of rotatable bonds is 9. The summed E-state index contributed by atoms with van der Waals surface area (Å²) < 4.78 is 0. The van der Waals surface area contributed by atoms with Gasteiger partial charge in [0.05, 0.1) is 0 Å². The van der Waals surface area contributed by atoms with Gasteiger partial charge in [0.15, 0.2) is 5.78 Å². The van der Waals surface area contributed by atoms with Gasteiger partial charge >= 0.3 is 0 Å². The lowest BCUT2D eigenvalue weighted by Crippen LogP contribution is -2.25. The minimum absolute atomic E-state index is 0.292. The summed E-state index contributed by atoms with van der Waals surface area (Å²) in [6.07, 6.45) is 8.05. The summed E-state index contributed by atoms with van der Waals surface area (Å²) in [5.74, 6) is 2.43. The Morgan fingerprint density at radius 2 is 1.88 bits per heavy atom. The quantitative estimate of drug-likeness (QED) is 0.556. The van der Waals surface area contributed by atoms with E-state index in [4.69, 9.17) is 0 Å². The van der Waals surface area contributed by atoms with Gasteiger partial charge in [-0.1, -0.05) is 44.9 Å². The molecule has 138 valence electrons. The number of fused-ring (bicyclic) bond motifs is 1. The van der Waals surface area contributed by atoms with Crippen LogP contribution in [-0.2, 0) is 11.2 Å². The molecule has 0 spiro atoms. The van der Waals surface area contributed by atoms with Crippen LogP contribution in [0.1, 0.15) is 87.2 Å². The lowest BCUT2D eigenvalue weighted by molar-refractivity contribution is -0.117. The molecule has 1 aliphatic carbocycles. The molecule has 0 aliphatic heterocycles. The van der Waals surface area contributed by atoms with E-state index < -0.39 is 0 Å². The lowest BCUT2D eigenvalue weighted by Gasteiger charge is -2.32. The fraction of sp³-hybridized carbons (Fsp3) is 0.652. The van der Waals surface area contributed by atoms with Gasteiger partial charge in [-0.25, -0.2) is 0 Å². The zero-order valence-corrected chi connectivity index (χ0v) is 16.4. The van der Waals surface area contributed by atoms with Crippen molar-refractivity contribution in [3.8, 4) is 0 Å². The first-order valence-electron chi connectivity index (χ1n) is 10.1. The van der Waals surface area contributed by atoms with Gasteiger partial charge < -0.3 is 4.79 Å². The normalized spacial score (nSPS) is 18.3. The van der Waals surface area contributed by atoms with Crippen molar-refractivity contribution in [1.82, 2.24) is 0 Å². The number of hydrogen-bond donors (Lipinski definition) is 0. The van der Waals surface area contributed by atoms with E-state index in [9.17, 15) is 9.59 Å². The Balaban J connectivity index is 2.07. The number of hydrogen-bond acceptors (Lipinski definition) is 2. The molecule has 2 nitrogen and oxygen atoms in total. The van der Waals surface area contributed by atoms with Gasteiger partial charge in [-0.3, -0.25) is 4.79 Å². The smallest absolute Gasteiger partial charge is 0.163 e. The highest BCUT2D eigenvalue weighted by atomic mass is 16.1. The number of carbonyl (C=O) groups excluding carboxylic acids is 2. The number of benzene rings is 1. The van der Waals surface area contributed by atoms with E-state index in [2.05, 4.69) is 26.0 Å². The van der Waals surface area contributed by atoms with E-state index in [1.165, 1.54) is 18.4 Å². The Morgan fingerprint density at radius 1 is 1.16 bits per heavy atom. The highest BCUT2D eigenvalue weighted by molar-refractivity contribution is 6.00. The molecule has 0 saturated carbocycles. The standard InChI is InChI=1S/C23H34O2/c1-5-19(6-2)20(11-8-10-17(4)24)13-18-14-21-12-7-9-16(3)23(21)22(25)15-18/h7,9,12,18-20H,5-6,8,10-11,13-15H2,1-4H3. The second kappa shape index (κ2) is 9.31. The monoisotopic (exact) mass is 342 g/mol. The maximum absolute atomic E-state index is 12.7. The van der Waals surface area contributed by atoms with Gasteiger partial charge in [-0.2, -0.15) is 0 Å². The summed E-state index contributed by atoms with van der Waals surface area (Å²) >= 11 is 0. The summed E-state index contributed by atoms with van der Waals surface area (Å²) in [5.41, 5.74) is 3.35. The third-order valence-electron chi connectivity index (χ3n) is 6.08. The first kappa shape index (κ1) is 19.9. The molecule has 0 heterocycles. The molecule has 2 unspecified atom stereocenters. The molecule has 0 radical (unpaired) electrons. The largest absolute Gasteiger partial charge is 0.300 e. The van der Waals surface area contributed by atoms with Crippen LogP contribution < -0.4 is 0 Å². The molecule has 0 saturated heterocycles. The molecule has 0 fully saturated rings. The van der Waals surface area contributed by atoms with Crippen LogP contribution in [0.5, 0.6) is 0 Å². The predicted molar refractivity (Wildman–Crippen MR) is 104 cm³/mol. The Labute approximate surface area is 153 Å². The molecule has 0 bridgehead atoms. The highest BCUT2D eigenvalue weighted by Gasteiger charge is 2.29. The average molecular weight is 343 g/mol. The average Bonchev–Trinajstić information content (AvgIpc) is 2.55. The predicted octanol–water partition coefficient (Wildman–Crippen LogP) is 5.94. The maximum atomic E-state index is 12.7. The molecule has 1 aromatic rings. The van der Waals surface area contributed by atoms with E-state index >= 15 is 0 Å². The maximum Gasteiger partial charge on any atom is 0.163 e. The van der Waals surface area contributed by atoms with Crippen LogP contribution in [0.3, 0.4) is 0 Å². The molecular weight excluding hydrogens is 308 g/mol. The van der Waals surface area contributed by atoms with Gasteiger partial charge in [0.2, 0.25) is 0 Å². The van der Waals surface area contributed by atoms with Crippen molar-refractivity contribution >= 4 is 11.6 Å². The summed E-state index contributed by atoms with van der Waals surface area (Å²) in [6.45, 7) is 8.28. The van der Waals surface area contributed by atoms with Gasteiger partial charge in [0, 0.05) is 18.4 Å². The van der Waals surface area contributed by atoms with Crippen LogP contribution in [0, 0.1) is 24.7 Å². The Kier molecular flexibility index (Phi) is 7.40. The summed E-state index contributed by atoms with van der Waals surface area (Å²) in [7, 11) is 0. The molecule has 1 aliphatic rings. The number of ketones is 2. The summed E-state index contributed by atoms with van der Waals surface area (Å²) in [6, 6.07) is 6.26. The van der Waals surface area contributed by atoms with Crippen LogP contribution in [0.4, 0.5) is 0 Å². The van der Waals surface area contributed by atoms with Crippen molar-refractivity contribution in [3.05, 3.63) is 34.9 Å². The molecule has 0 amide bonds. The second-order valence-corrected chi connectivity index (χ2v) is 7.97. The molecule has 25 heavy (non-hydrogen) atoms. The molecule has 2 rings (SSSR count). The highest BCUT2D eigenvalue weighted by Crippen LogP contribution is 2.36. The topological polar surface area (TPSA) is 34.1 Å². The molecular formula is C23H34O2. The van der Waals surface area contributed by atoms with Crippen molar-refractivity contribution in [1.29, 1.82) is 0 Å². The van der Waals surface area contributed by atoms with Crippen molar-refractivity contribution in [3.63, 3.8) is 0 Å². The third-order valence-corrected chi connectivity index (χ3v) is 6.08. The fourth-order valence-electron chi connectivity index (χ4n) is 4.75. The zero-order valence-electron chi connectivity index (χ0n) is 16.4. The number of Topliss-reactive ketones (excluding diaryl/α,β-unsaturated/α-hetero) is 2. The van der Waals surface area contributed by atoms with Gasteiger partial charge in [-0.05, 0) is 68.4 Å². The Bertz CT molecular complexity index is 598. The lowest BCUT2D eigenvalue weighted by atomic mass is 9.73.